The Bertz CT molecular complexity index is 211. The molecule has 2 unspecified atom stereocenters. The fraction of sp³-hybridized carbons (Fsp3) is 0.900. The van der Waals surface area contributed by atoms with Gasteiger partial charge in [-0.25, -0.2) is 0 Å². The minimum Gasteiger partial charge on any atom is -0.387 e. The maximum Gasteiger partial charge on any atom is 0.0971 e. The molecule has 2 rings (SSSR count). The van der Waals surface area contributed by atoms with Crippen LogP contribution in [0, 0.1) is 5.92 Å². The third-order valence-corrected chi connectivity index (χ3v) is 4.11. The van der Waals surface area contributed by atoms with E-state index in [9.17, 15) is 0 Å². The molecule has 74 valence electrons. The summed E-state index contributed by atoms with van der Waals surface area (Å²) in [6, 6.07) is 0.540. The van der Waals surface area contributed by atoms with Crippen LogP contribution in [-0.2, 0) is 0 Å². The number of amidine groups is 1. The Morgan fingerprint density at radius 2 is 2.08 bits per heavy atom. The Morgan fingerprint density at radius 1 is 1.31 bits per heavy atom. The zero-order valence-corrected chi connectivity index (χ0v) is 9.02. The topological polar surface area (TPSA) is 38.4 Å². The number of thioether (sulfide) groups is 1. The summed E-state index contributed by atoms with van der Waals surface area (Å²) in [5.41, 5.74) is 5.89. The summed E-state index contributed by atoms with van der Waals surface area (Å²) in [6.45, 7) is 0. The summed E-state index contributed by atoms with van der Waals surface area (Å²) >= 11 is 1.98. The molecule has 2 aliphatic rings. The van der Waals surface area contributed by atoms with Crippen molar-refractivity contribution in [1.82, 2.24) is 0 Å². The molecular weight excluding hydrogens is 180 g/mol. The second-order valence-electron chi connectivity index (χ2n) is 4.15. The number of nitrogens with two attached hydrogens (primary N) is 1. The molecule has 0 radical (unpaired) electrons. The van der Waals surface area contributed by atoms with Gasteiger partial charge in [-0.05, 0) is 38.4 Å². The number of rotatable bonds is 3. The van der Waals surface area contributed by atoms with Crippen LogP contribution in [0.25, 0.3) is 0 Å². The lowest BCUT2D eigenvalue weighted by atomic mass is 10.2. The van der Waals surface area contributed by atoms with Gasteiger partial charge in [-0.2, -0.15) is 11.8 Å². The van der Waals surface area contributed by atoms with E-state index in [-0.39, 0.29) is 0 Å². The molecule has 2 aliphatic carbocycles. The van der Waals surface area contributed by atoms with Crippen molar-refractivity contribution in [2.24, 2.45) is 16.6 Å². The highest BCUT2D eigenvalue weighted by molar-refractivity contribution is 7.99. The third kappa shape index (κ3) is 2.39. The first-order valence-electron chi connectivity index (χ1n) is 5.15. The zero-order chi connectivity index (χ0) is 9.26. The molecule has 0 aromatic heterocycles. The molecule has 0 amide bonds. The molecule has 2 N–H and O–H groups in total. The average Bonchev–Trinajstić information content (AvgIpc) is 2.88. The molecule has 2 fully saturated rings. The van der Waals surface area contributed by atoms with Gasteiger partial charge in [0.25, 0.3) is 0 Å². The van der Waals surface area contributed by atoms with Crippen molar-refractivity contribution >= 4 is 17.6 Å². The fourth-order valence-electron chi connectivity index (χ4n) is 1.94. The van der Waals surface area contributed by atoms with Crippen molar-refractivity contribution in [1.29, 1.82) is 0 Å². The Kier molecular flexibility index (Phi) is 2.82. The lowest BCUT2D eigenvalue weighted by Crippen LogP contribution is -2.17. The van der Waals surface area contributed by atoms with Crippen molar-refractivity contribution in [3.63, 3.8) is 0 Å². The van der Waals surface area contributed by atoms with Crippen LogP contribution < -0.4 is 5.73 Å². The summed E-state index contributed by atoms with van der Waals surface area (Å²) < 4.78 is 0. The maximum absolute atomic E-state index is 5.89. The highest BCUT2D eigenvalue weighted by Crippen LogP contribution is 2.33. The van der Waals surface area contributed by atoms with E-state index in [2.05, 4.69) is 11.2 Å². The molecule has 0 spiro atoms. The molecule has 0 aromatic rings. The maximum atomic E-state index is 5.89. The molecule has 2 nitrogen and oxygen atoms in total. The summed E-state index contributed by atoms with van der Waals surface area (Å²) in [7, 11) is 0. The summed E-state index contributed by atoms with van der Waals surface area (Å²) in [6.07, 6.45) is 8.56. The first-order chi connectivity index (χ1) is 6.29. The summed E-state index contributed by atoms with van der Waals surface area (Å²) in [5.74, 6) is 1.58. The smallest absolute Gasteiger partial charge is 0.0971 e. The Labute approximate surface area is 84.4 Å². The number of aliphatic imine (C=N–C) groups is 1. The van der Waals surface area contributed by atoms with E-state index in [1.165, 1.54) is 32.1 Å². The molecule has 0 aliphatic heterocycles. The van der Waals surface area contributed by atoms with Gasteiger partial charge in [0.05, 0.1) is 11.9 Å². The van der Waals surface area contributed by atoms with Crippen molar-refractivity contribution in [3.05, 3.63) is 0 Å². The van der Waals surface area contributed by atoms with Gasteiger partial charge >= 0.3 is 0 Å². The van der Waals surface area contributed by atoms with Gasteiger partial charge in [0, 0.05) is 11.2 Å². The first-order valence-corrected chi connectivity index (χ1v) is 6.44. The molecule has 3 heteroatoms. The molecule has 0 saturated heterocycles. The Balaban J connectivity index is 1.85. The number of nitrogens with zero attached hydrogens (tertiary/aromatic N) is 1. The predicted octanol–water partition coefficient (Wildman–Crippen LogP) is 2.04. The molecular formula is C10H18N2S. The Morgan fingerprint density at radius 3 is 2.62 bits per heavy atom. The lowest BCUT2D eigenvalue weighted by Gasteiger charge is -2.06. The second kappa shape index (κ2) is 3.91. The SMILES string of the molecule is CSC1CCC(N=C(N)C2CC2)C1. The standard InChI is InChI=1S/C10H18N2S/c1-13-9-5-4-8(6-9)12-10(11)7-2-3-7/h7-9H,2-6H2,1H3,(H2,11,12). The summed E-state index contributed by atoms with van der Waals surface area (Å²) in [5, 5.41) is 0.834. The van der Waals surface area contributed by atoms with Crippen LogP contribution in [0.1, 0.15) is 32.1 Å². The zero-order valence-electron chi connectivity index (χ0n) is 8.20. The van der Waals surface area contributed by atoms with Crippen LogP contribution in [0.2, 0.25) is 0 Å². The number of hydrogen-bond donors (Lipinski definition) is 1. The highest BCUT2D eigenvalue weighted by atomic mass is 32.2. The van der Waals surface area contributed by atoms with Crippen LogP contribution in [0.3, 0.4) is 0 Å². The first kappa shape index (κ1) is 9.38. The van der Waals surface area contributed by atoms with Gasteiger partial charge in [-0.1, -0.05) is 0 Å². The summed E-state index contributed by atoms with van der Waals surface area (Å²) in [4.78, 5) is 4.62. The minimum atomic E-state index is 0.540. The minimum absolute atomic E-state index is 0.540. The van der Waals surface area contributed by atoms with Gasteiger partial charge in [0.15, 0.2) is 0 Å². The Hall–Kier alpha value is -0.180. The lowest BCUT2D eigenvalue weighted by molar-refractivity contribution is 0.702. The van der Waals surface area contributed by atoms with Crippen molar-refractivity contribution in [2.45, 2.75) is 43.4 Å². The second-order valence-corrected chi connectivity index (χ2v) is 5.29. The molecule has 2 saturated carbocycles. The van der Waals surface area contributed by atoms with E-state index in [1.807, 2.05) is 11.8 Å². The van der Waals surface area contributed by atoms with E-state index >= 15 is 0 Å². The van der Waals surface area contributed by atoms with E-state index in [4.69, 9.17) is 5.73 Å². The van der Waals surface area contributed by atoms with Crippen LogP contribution in [-0.4, -0.2) is 23.4 Å². The quantitative estimate of drug-likeness (QED) is 0.556. The van der Waals surface area contributed by atoms with Gasteiger partial charge in [-0.15, -0.1) is 0 Å². The third-order valence-electron chi connectivity index (χ3n) is 3.02. The molecule has 0 heterocycles. The van der Waals surface area contributed by atoms with Gasteiger partial charge in [0.1, 0.15) is 0 Å². The number of hydrogen-bond acceptors (Lipinski definition) is 2. The van der Waals surface area contributed by atoms with Gasteiger partial charge < -0.3 is 5.73 Å². The van der Waals surface area contributed by atoms with Crippen molar-refractivity contribution in [2.75, 3.05) is 6.26 Å². The van der Waals surface area contributed by atoms with E-state index < -0.39 is 0 Å². The fourth-order valence-corrected chi connectivity index (χ4v) is 2.73. The largest absolute Gasteiger partial charge is 0.387 e. The van der Waals surface area contributed by atoms with Crippen molar-refractivity contribution < 1.29 is 0 Å². The molecule has 0 aromatic carbocycles. The van der Waals surface area contributed by atoms with E-state index in [0.29, 0.717) is 12.0 Å². The van der Waals surface area contributed by atoms with Gasteiger partial charge in [-0.3, -0.25) is 4.99 Å². The normalized spacial score (nSPS) is 35.3. The van der Waals surface area contributed by atoms with Crippen LogP contribution >= 0.6 is 11.8 Å². The molecule has 2 atom stereocenters. The van der Waals surface area contributed by atoms with Crippen LogP contribution in [0.15, 0.2) is 4.99 Å². The highest BCUT2D eigenvalue weighted by Gasteiger charge is 2.28. The van der Waals surface area contributed by atoms with Crippen molar-refractivity contribution in [3.8, 4) is 0 Å². The average molecular weight is 198 g/mol. The van der Waals surface area contributed by atoms with Crippen LogP contribution in [0.5, 0.6) is 0 Å². The molecule has 0 bridgehead atoms. The predicted molar refractivity (Wildman–Crippen MR) is 59.3 cm³/mol. The van der Waals surface area contributed by atoms with E-state index in [0.717, 1.165) is 11.1 Å². The monoisotopic (exact) mass is 198 g/mol. The van der Waals surface area contributed by atoms with E-state index in [1.54, 1.807) is 0 Å². The van der Waals surface area contributed by atoms with Crippen LogP contribution in [0.4, 0.5) is 0 Å². The molecule has 13 heavy (non-hydrogen) atoms. The van der Waals surface area contributed by atoms with Gasteiger partial charge in [0.2, 0.25) is 0 Å².